The third-order valence-electron chi connectivity index (χ3n) is 4.49. The van der Waals surface area contributed by atoms with E-state index in [9.17, 15) is 0 Å². The predicted octanol–water partition coefficient (Wildman–Crippen LogP) is 4.20. The number of hydrogen-bond donors (Lipinski definition) is 1. The zero-order chi connectivity index (χ0) is 14.7. The lowest BCUT2D eigenvalue weighted by Gasteiger charge is -2.23. The van der Waals surface area contributed by atoms with Crippen LogP contribution in [0.15, 0.2) is 48.5 Å². The summed E-state index contributed by atoms with van der Waals surface area (Å²) < 4.78 is 5.92. The van der Waals surface area contributed by atoms with Crippen molar-refractivity contribution in [3.8, 4) is 16.9 Å². The Morgan fingerprint density at radius 1 is 1.14 bits per heavy atom. The lowest BCUT2D eigenvalue weighted by Crippen LogP contribution is -2.19. The van der Waals surface area contributed by atoms with Crippen molar-refractivity contribution in [1.82, 2.24) is 0 Å². The van der Waals surface area contributed by atoms with Crippen molar-refractivity contribution < 1.29 is 4.74 Å². The van der Waals surface area contributed by atoms with Crippen LogP contribution in [0, 0.1) is 5.92 Å². The quantitative estimate of drug-likeness (QED) is 0.915. The smallest absolute Gasteiger partial charge is 0.122 e. The Labute approximate surface area is 126 Å². The lowest BCUT2D eigenvalue weighted by molar-refractivity contribution is 0.314. The maximum Gasteiger partial charge on any atom is 0.122 e. The van der Waals surface area contributed by atoms with Gasteiger partial charge in [0.25, 0.3) is 0 Å². The average Bonchev–Trinajstić information content (AvgIpc) is 2.76. The Morgan fingerprint density at radius 3 is 2.71 bits per heavy atom. The van der Waals surface area contributed by atoms with Crippen LogP contribution in [-0.2, 0) is 0 Å². The number of fused-ring (bicyclic) bond motifs is 1. The van der Waals surface area contributed by atoms with Crippen molar-refractivity contribution >= 4 is 0 Å². The van der Waals surface area contributed by atoms with E-state index >= 15 is 0 Å². The van der Waals surface area contributed by atoms with E-state index in [-0.39, 0.29) is 0 Å². The van der Waals surface area contributed by atoms with E-state index < -0.39 is 0 Å². The molecule has 1 heterocycles. The van der Waals surface area contributed by atoms with E-state index in [1.807, 2.05) is 0 Å². The molecule has 0 saturated heterocycles. The highest BCUT2D eigenvalue weighted by Crippen LogP contribution is 2.39. The molecule has 1 aliphatic rings. The van der Waals surface area contributed by atoms with Crippen LogP contribution in [-0.4, -0.2) is 13.2 Å². The van der Waals surface area contributed by atoms with E-state index in [0.29, 0.717) is 11.8 Å². The molecule has 0 aromatic heterocycles. The van der Waals surface area contributed by atoms with Gasteiger partial charge >= 0.3 is 0 Å². The van der Waals surface area contributed by atoms with Gasteiger partial charge in [-0.2, -0.15) is 0 Å². The van der Waals surface area contributed by atoms with Gasteiger partial charge in [0.05, 0.1) is 6.61 Å². The van der Waals surface area contributed by atoms with Crippen molar-refractivity contribution in [3.05, 3.63) is 54.1 Å². The molecule has 0 fully saturated rings. The van der Waals surface area contributed by atoms with Crippen molar-refractivity contribution in [2.75, 3.05) is 13.2 Å². The first-order valence-electron chi connectivity index (χ1n) is 7.82. The minimum atomic E-state index is 0.483. The zero-order valence-corrected chi connectivity index (χ0v) is 12.6. The monoisotopic (exact) mass is 281 g/mol. The van der Waals surface area contributed by atoms with Gasteiger partial charge in [-0.1, -0.05) is 43.3 Å². The highest BCUT2D eigenvalue weighted by molar-refractivity contribution is 5.66. The molecule has 0 radical (unpaired) electrons. The lowest BCUT2D eigenvalue weighted by atomic mass is 9.83. The van der Waals surface area contributed by atoms with Crippen LogP contribution in [0.2, 0.25) is 0 Å². The molecule has 0 bridgehead atoms. The highest BCUT2D eigenvalue weighted by Gasteiger charge is 2.24. The summed E-state index contributed by atoms with van der Waals surface area (Å²) in [7, 11) is 0. The van der Waals surface area contributed by atoms with E-state index in [1.165, 1.54) is 16.7 Å². The van der Waals surface area contributed by atoms with E-state index in [4.69, 9.17) is 10.5 Å². The molecule has 0 aliphatic carbocycles. The van der Waals surface area contributed by atoms with Gasteiger partial charge in [0.2, 0.25) is 0 Å². The molecular weight excluding hydrogens is 258 g/mol. The molecule has 110 valence electrons. The van der Waals surface area contributed by atoms with Crippen LogP contribution in [0.25, 0.3) is 11.1 Å². The van der Waals surface area contributed by atoms with E-state index in [1.54, 1.807) is 0 Å². The van der Waals surface area contributed by atoms with Gasteiger partial charge in [-0.25, -0.2) is 0 Å². The Kier molecular flexibility index (Phi) is 4.26. The van der Waals surface area contributed by atoms with Gasteiger partial charge in [-0.15, -0.1) is 0 Å². The summed E-state index contributed by atoms with van der Waals surface area (Å²) in [6.45, 7) is 3.78. The fourth-order valence-electron chi connectivity index (χ4n) is 3.18. The molecular formula is C19H23NO. The summed E-state index contributed by atoms with van der Waals surface area (Å²) >= 11 is 0. The second kappa shape index (κ2) is 6.31. The molecule has 2 nitrogen and oxygen atoms in total. The summed E-state index contributed by atoms with van der Waals surface area (Å²) in [5, 5.41) is 0. The SMILES string of the molecule is CC(CN)C1CCCOc2ccc(-c3ccccc3)cc21. The molecule has 0 amide bonds. The number of hydrogen-bond acceptors (Lipinski definition) is 2. The Hall–Kier alpha value is -1.80. The van der Waals surface area contributed by atoms with Crippen LogP contribution >= 0.6 is 0 Å². The van der Waals surface area contributed by atoms with Crippen molar-refractivity contribution in [2.24, 2.45) is 11.7 Å². The van der Waals surface area contributed by atoms with Crippen LogP contribution in [0.1, 0.15) is 31.2 Å². The number of nitrogens with two attached hydrogens (primary N) is 1. The third kappa shape index (κ3) is 2.96. The van der Waals surface area contributed by atoms with E-state index in [0.717, 1.165) is 31.7 Å². The molecule has 2 aromatic carbocycles. The van der Waals surface area contributed by atoms with E-state index in [2.05, 4.69) is 55.5 Å². The maximum absolute atomic E-state index is 5.92. The Bertz CT molecular complexity index is 594. The number of benzene rings is 2. The standard InChI is InChI=1S/C19H23NO/c1-14(13-20)17-8-5-11-21-19-10-9-16(12-18(17)19)15-6-3-2-4-7-15/h2-4,6-7,9-10,12,14,17H,5,8,11,13,20H2,1H3. The molecule has 0 spiro atoms. The summed E-state index contributed by atoms with van der Waals surface area (Å²) in [6.07, 6.45) is 2.26. The van der Waals surface area contributed by atoms with Crippen molar-refractivity contribution in [3.63, 3.8) is 0 Å². The zero-order valence-electron chi connectivity index (χ0n) is 12.6. The summed E-state index contributed by atoms with van der Waals surface area (Å²) in [6, 6.07) is 17.1. The predicted molar refractivity (Wildman–Crippen MR) is 87.6 cm³/mol. The van der Waals surface area contributed by atoms with Gasteiger partial charge < -0.3 is 10.5 Å². The summed E-state index contributed by atoms with van der Waals surface area (Å²) in [5.74, 6) is 2.02. The molecule has 0 saturated carbocycles. The molecule has 2 heteroatoms. The second-order valence-electron chi connectivity index (χ2n) is 5.93. The van der Waals surface area contributed by atoms with Gasteiger partial charge in [-0.05, 0) is 60.0 Å². The third-order valence-corrected chi connectivity index (χ3v) is 4.49. The highest BCUT2D eigenvalue weighted by atomic mass is 16.5. The minimum absolute atomic E-state index is 0.483. The van der Waals surface area contributed by atoms with Gasteiger partial charge in [0, 0.05) is 0 Å². The molecule has 2 atom stereocenters. The van der Waals surface area contributed by atoms with Crippen molar-refractivity contribution in [1.29, 1.82) is 0 Å². The van der Waals surface area contributed by atoms with Crippen LogP contribution in [0.5, 0.6) is 5.75 Å². The van der Waals surface area contributed by atoms with Crippen LogP contribution in [0.4, 0.5) is 0 Å². The largest absolute Gasteiger partial charge is 0.493 e. The molecule has 2 aromatic rings. The Morgan fingerprint density at radius 2 is 1.95 bits per heavy atom. The average molecular weight is 281 g/mol. The normalized spacial score (nSPS) is 19.2. The number of rotatable bonds is 3. The molecule has 1 aliphatic heterocycles. The number of ether oxygens (including phenoxy) is 1. The van der Waals surface area contributed by atoms with Crippen molar-refractivity contribution in [2.45, 2.75) is 25.7 Å². The molecule has 2 unspecified atom stereocenters. The minimum Gasteiger partial charge on any atom is -0.493 e. The van der Waals surface area contributed by atoms with Crippen LogP contribution < -0.4 is 10.5 Å². The van der Waals surface area contributed by atoms with Gasteiger partial charge in [0.1, 0.15) is 5.75 Å². The first kappa shape index (κ1) is 14.2. The van der Waals surface area contributed by atoms with Gasteiger partial charge in [0.15, 0.2) is 0 Å². The first-order chi connectivity index (χ1) is 10.3. The molecule has 21 heavy (non-hydrogen) atoms. The fourth-order valence-corrected chi connectivity index (χ4v) is 3.18. The fraction of sp³-hybridized carbons (Fsp3) is 0.368. The molecule has 3 rings (SSSR count). The first-order valence-corrected chi connectivity index (χ1v) is 7.82. The van der Waals surface area contributed by atoms with Gasteiger partial charge in [-0.3, -0.25) is 0 Å². The van der Waals surface area contributed by atoms with Crippen LogP contribution in [0.3, 0.4) is 0 Å². The topological polar surface area (TPSA) is 35.2 Å². The second-order valence-corrected chi connectivity index (χ2v) is 5.93. The molecule has 2 N–H and O–H groups in total. The summed E-state index contributed by atoms with van der Waals surface area (Å²) in [5.41, 5.74) is 9.76. The Balaban J connectivity index is 2.03. The maximum atomic E-state index is 5.92. The summed E-state index contributed by atoms with van der Waals surface area (Å²) in [4.78, 5) is 0.